The highest BCUT2D eigenvalue weighted by molar-refractivity contribution is 6.82. The van der Waals surface area contributed by atoms with Gasteiger partial charge in [0.15, 0.2) is 8.32 Å². The molecule has 35 heavy (non-hydrogen) atoms. The second-order valence-corrected chi connectivity index (χ2v) is 26.5. The fraction of sp³-hybridized carbons (Fsp3) is 0.769. The summed E-state index contributed by atoms with van der Waals surface area (Å²) in [6.07, 6.45) is 1.60. The van der Waals surface area contributed by atoms with Crippen molar-refractivity contribution in [3.05, 3.63) is 24.3 Å². The van der Waals surface area contributed by atoms with Crippen molar-refractivity contribution in [1.29, 1.82) is 0 Å². The monoisotopic (exact) mass is 544 g/mol. The summed E-state index contributed by atoms with van der Waals surface area (Å²) in [6, 6.07) is 1.90. The van der Waals surface area contributed by atoms with E-state index in [1.807, 2.05) is 0 Å². The number of hydrogen-bond acceptors (Lipinski definition) is 6. The van der Waals surface area contributed by atoms with Gasteiger partial charge in [0.1, 0.15) is 0 Å². The van der Waals surface area contributed by atoms with E-state index < -0.39 is 24.7 Å². The van der Waals surface area contributed by atoms with Crippen LogP contribution in [0.25, 0.3) is 0 Å². The summed E-state index contributed by atoms with van der Waals surface area (Å²) >= 11 is 0. The van der Waals surface area contributed by atoms with Crippen molar-refractivity contribution in [2.24, 2.45) is 0 Å². The molecule has 0 aliphatic heterocycles. The first-order valence-corrected chi connectivity index (χ1v) is 21.9. The van der Waals surface area contributed by atoms with E-state index in [0.717, 1.165) is 24.9 Å². The van der Waals surface area contributed by atoms with Gasteiger partial charge in [-0.05, 0) is 86.6 Å². The Labute approximate surface area is 218 Å². The zero-order valence-electron chi connectivity index (χ0n) is 24.6. The highest BCUT2D eigenvalue weighted by Gasteiger charge is 2.51. The third-order valence-corrected chi connectivity index (χ3v) is 19.2. The predicted molar refractivity (Wildman–Crippen MR) is 153 cm³/mol. The lowest BCUT2D eigenvalue weighted by Crippen LogP contribution is -2.65. The summed E-state index contributed by atoms with van der Waals surface area (Å²) in [5.74, 6) is -0.663. The van der Waals surface area contributed by atoms with Crippen molar-refractivity contribution < 1.29 is 27.9 Å². The van der Waals surface area contributed by atoms with Crippen molar-refractivity contribution in [3.8, 4) is 0 Å². The molecule has 0 aromatic heterocycles. The van der Waals surface area contributed by atoms with Crippen molar-refractivity contribution in [2.75, 3.05) is 13.2 Å². The van der Waals surface area contributed by atoms with Gasteiger partial charge in [0, 0.05) is 16.4 Å². The Balaban J connectivity index is 5.08. The van der Waals surface area contributed by atoms with Crippen LogP contribution in [0.5, 0.6) is 0 Å². The van der Waals surface area contributed by atoms with E-state index in [2.05, 4.69) is 80.1 Å². The number of carbonyl (C=O) groups is 2. The molecule has 0 aromatic rings. The van der Waals surface area contributed by atoms with Gasteiger partial charge in [0.25, 0.3) is 0 Å². The van der Waals surface area contributed by atoms with Gasteiger partial charge in [-0.25, -0.2) is 9.59 Å². The molecule has 9 heteroatoms. The third kappa shape index (κ3) is 11.3. The van der Waals surface area contributed by atoms with E-state index in [1.54, 1.807) is 13.8 Å². The standard InChI is InChI=1S/C26H52O6Si3/c1-21(2)23(27)29-17-15-19-33(9,10)25(5,6)32-35(13,14)26(7,8)31-34(11,12)20-16-18-30-24(28)22(3)4/h1,3,15-20H2,2,4-14H3. The van der Waals surface area contributed by atoms with Crippen LogP contribution >= 0.6 is 0 Å². The maximum absolute atomic E-state index is 11.7. The quantitative estimate of drug-likeness (QED) is 0.0921. The van der Waals surface area contributed by atoms with E-state index in [0.29, 0.717) is 24.4 Å². The molecule has 204 valence electrons. The van der Waals surface area contributed by atoms with Gasteiger partial charge in [-0.1, -0.05) is 32.3 Å². The number of hydrogen-bond donors (Lipinski definition) is 0. The van der Waals surface area contributed by atoms with Gasteiger partial charge in [-0.15, -0.1) is 0 Å². The normalized spacial score (nSPS) is 13.4. The zero-order valence-corrected chi connectivity index (χ0v) is 27.6. The fourth-order valence-electron chi connectivity index (χ4n) is 3.65. The summed E-state index contributed by atoms with van der Waals surface area (Å²) in [4.78, 5) is 23.3. The van der Waals surface area contributed by atoms with Crippen LogP contribution in [0.2, 0.25) is 51.4 Å². The molecule has 0 unspecified atom stereocenters. The second-order valence-electron chi connectivity index (χ2n) is 12.4. The topological polar surface area (TPSA) is 71.1 Å². The van der Waals surface area contributed by atoms with Crippen molar-refractivity contribution in [2.45, 2.75) is 116 Å². The summed E-state index contributed by atoms with van der Waals surface area (Å²) in [5, 5.41) is -0.639. The predicted octanol–water partition coefficient (Wildman–Crippen LogP) is 6.79. The molecule has 0 radical (unpaired) electrons. The minimum atomic E-state index is -2.29. The Morgan fingerprint density at radius 3 is 1.49 bits per heavy atom. The maximum atomic E-state index is 11.7. The lowest BCUT2D eigenvalue weighted by Gasteiger charge is -2.51. The number of ether oxygens (including phenoxy) is 2. The molecule has 0 rings (SSSR count). The van der Waals surface area contributed by atoms with Gasteiger partial charge in [0.05, 0.1) is 26.5 Å². The van der Waals surface area contributed by atoms with Crippen LogP contribution in [0.15, 0.2) is 24.3 Å². The first-order valence-electron chi connectivity index (χ1n) is 12.6. The Morgan fingerprint density at radius 1 is 0.686 bits per heavy atom. The molecule has 0 heterocycles. The first kappa shape index (κ1) is 34.0. The molecule has 0 saturated carbocycles. The molecule has 0 fully saturated rings. The first-order chi connectivity index (χ1) is 15.6. The Hall–Kier alpha value is -1.01. The van der Waals surface area contributed by atoms with E-state index in [9.17, 15) is 9.59 Å². The molecule has 0 atom stereocenters. The van der Waals surface area contributed by atoms with Crippen LogP contribution in [-0.4, -0.2) is 60.3 Å². The van der Waals surface area contributed by atoms with Crippen LogP contribution in [0.4, 0.5) is 0 Å². The maximum Gasteiger partial charge on any atom is 0.333 e. The third-order valence-electron chi connectivity index (χ3n) is 7.15. The molecule has 6 nitrogen and oxygen atoms in total. The van der Waals surface area contributed by atoms with Crippen LogP contribution in [-0.2, 0) is 27.9 Å². The molecule has 0 aliphatic carbocycles. The van der Waals surface area contributed by atoms with E-state index in [1.165, 1.54) is 0 Å². The van der Waals surface area contributed by atoms with E-state index in [4.69, 9.17) is 18.3 Å². The Kier molecular flexibility index (Phi) is 12.6. The van der Waals surface area contributed by atoms with Crippen molar-refractivity contribution >= 4 is 36.6 Å². The largest absolute Gasteiger partial charge is 0.462 e. The number of carbonyl (C=O) groups excluding carboxylic acids is 2. The van der Waals surface area contributed by atoms with Crippen LogP contribution in [0.3, 0.4) is 0 Å². The molecule has 0 saturated heterocycles. The molecular weight excluding hydrogens is 493 g/mol. The lowest BCUT2D eigenvalue weighted by atomic mass is 10.4. The molecule has 0 amide bonds. The van der Waals surface area contributed by atoms with Crippen LogP contribution in [0.1, 0.15) is 54.4 Å². The summed E-state index contributed by atoms with van der Waals surface area (Å²) < 4.78 is 24.4. The summed E-state index contributed by atoms with van der Waals surface area (Å²) in [7, 11) is -6.14. The Bertz CT molecular complexity index is 769. The van der Waals surface area contributed by atoms with E-state index in [-0.39, 0.29) is 22.4 Å². The molecule has 0 spiro atoms. The minimum absolute atomic E-state index is 0.260. The van der Waals surface area contributed by atoms with Crippen molar-refractivity contribution in [3.63, 3.8) is 0 Å². The molecule has 0 aromatic carbocycles. The van der Waals surface area contributed by atoms with Crippen LogP contribution < -0.4 is 0 Å². The van der Waals surface area contributed by atoms with Gasteiger partial charge < -0.3 is 18.3 Å². The van der Waals surface area contributed by atoms with E-state index >= 15 is 0 Å². The summed E-state index contributed by atoms with van der Waals surface area (Å²) in [6.45, 7) is 33.7. The van der Waals surface area contributed by atoms with Gasteiger partial charge >= 0.3 is 11.9 Å². The summed E-state index contributed by atoms with van der Waals surface area (Å²) in [5.41, 5.74) is 0.852. The number of esters is 2. The molecule has 0 N–H and O–H groups in total. The fourth-order valence-corrected chi connectivity index (χ4v) is 13.0. The molecular formula is C26H52O6Si3. The van der Waals surface area contributed by atoms with Gasteiger partial charge in [0.2, 0.25) is 8.32 Å². The highest BCUT2D eigenvalue weighted by Crippen LogP contribution is 2.38. The second kappa shape index (κ2) is 13.0. The zero-order chi connectivity index (χ0) is 27.9. The average Bonchev–Trinajstić information content (AvgIpc) is 2.66. The highest BCUT2D eigenvalue weighted by atomic mass is 28.4. The average molecular weight is 545 g/mol. The Morgan fingerprint density at radius 2 is 1.09 bits per heavy atom. The SMILES string of the molecule is C=C(C)C(=O)OCCC[Si](C)(C)OC(C)(C)[Si](C)(C)OC(C)(C)[Si](C)(C)CCCOC(=O)C(=C)C. The number of rotatable bonds is 16. The van der Waals surface area contributed by atoms with Crippen LogP contribution in [0, 0.1) is 0 Å². The molecule has 0 aliphatic rings. The lowest BCUT2D eigenvalue weighted by molar-refractivity contribution is -0.139. The van der Waals surface area contributed by atoms with Crippen molar-refractivity contribution in [1.82, 2.24) is 0 Å². The minimum Gasteiger partial charge on any atom is -0.462 e. The van der Waals surface area contributed by atoms with Gasteiger partial charge in [-0.3, -0.25) is 0 Å². The van der Waals surface area contributed by atoms with Gasteiger partial charge in [-0.2, -0.15) is 0 Å². The smallest absolute Gasteiger partial charge is 0.333 e. The molecule has 0 bridgehead atoms.